The molecule has 0 saturated carbocycles. The van der Waals surface area contributed by atoms with Gasteiger partial charge >= 0.3 is 0 Å². The molecule has 2 aliphatic rings. The number of alkyl halides is 1. The number of amides is 1. The van der Waals surface area contributed by atoms with E-state index in [0.717, 1.165) is 24.9 Å². The first-order chi connectivity index (χ1) is 17.0. The molecule has 0 unspecified atom stereocenters. The molecular formula is C25H28F2N6O2. The van der Waals surface area contributed by atoms with Crippen LogP contribution < -0.4 is 5.32 Å². The predicted octanol–water partition coefficient (Wildman–Crippen LogP) is 4.46. The molecule has 1 N–H and O–H groups in total. The fourth-order valence-electron chi connectivity index (χ4n) is 4.70. The number of benzene rings is 1. The number of piperidine rings is 1. The number of halogens is 2. The lowest BCUT2D eigenvalue weighted by Crippen LogP contribution is -2.39. The first-order valence-electron chi connectivity index (χ1n) is 11.9. The highest BCUT2D eigenvalue weighted by molar-refractivity contribution is 5.94. The lowest BCUT2D eigenvalue weighted by atomic mass is 10.1. The topological polar surface area (TPSA) is 85.2 Å². The second-order valence-electron chi connectivity index (χ2n) is 8.96. The second kappa shape index (κ2) is 10.1. The number of rotatable bonds is 5. The molecule has 0 atom stereocenters. The Hall–Kier alpha value is -3.40. The van der Waals surface area contributed by atoms with Crippen LogP contribution in [-0.2, 0) is 4.74 Å². The number of nitrogens with one attached hydrogen (secondary N) is 1. The highest BCUT2D eigenvalue weighted by Crippen LogP contribution is 2.31. The van der Waals surface area contributed by atoms with Crippen LogP contribution in [0.1, 0.15) is 47.9 Å². The molecule has 184 valence electrons. The Morgan fingerprint density at radius 2 is 1.77 bits per heavy atom. The molecule has 0 spiro atoms. The third-order valence-electron chi connectivity index (χ3n) is 6.62. The number of likely N-dealkylation sites (tertiary alicyclic amines) is 1. The van der Waals surface area contributed by atoms with E-state index in [0.29, 0.717) is 56.1 Å². The third kappa shape index (κ3) is 5.02. The Balaban J connectivity index is 1.33. The summed E-state index contributed by atoms with van der Waals surface area (Å²) in [7, 11) is 0. The van der Waals surface area contributed by atoms with E-state index in [-0.39, 0.29) is 23.6 Å². The summed E-state index contributed by atoms with van der Waals surface area (Å²) in [5, 5.41) is 3.09. The van der Waals surface area contributed by atoms with Gasteiger partial charge in [-0.1, -0.05) is 0 Å². The lowest BCUT2D eigenvalue weighted by molar-refractivity contribution is 0.0666. The first kappa shape index (κ1) is 23.3. The van der Waals surface area contributed by atoms with Crippen molar-refractivity contribution in [3.63, 3.8) is 0 Å². The monoisotopic (exact) mass is 482 g/mol. The molecule has 2 aromatic heterocycles. The number of imidazole rings is 1. The number of ether oxygens (including phenoxy) is 1. The number of nitrogens with zero attached hydrogens (tertiary/aromatic N) is 5. The highest BCUT2D eigenvalue weighted by atomic mass is 19.1. The van der Waals surface area contributed by atoms with Gasteiger partial charge in [0.05, 0.1) is 18.1 Å². The van der Waals surface area contributed by atoms with Gasteiger partial charge in [0.2, 0.25) is 5.95 Å². The van der Waals surface area contributed by atoms with Gasteiger partial charge in [0.25, 0.3) is 5.91 Å². The number of hydrogen-bond acceptors (Lipinski definition) is 6. The quantitative estimate of drug-likeness (QED) is 0.578. The van der Waals surface area contributed by atoms with Crippen molar-refractivity contribution < 1.29 is 18.3 Å². The maximum atomic E-state index is 14.8. The maximum absolute atomic E-state index is 14.8. The van der Waals surface area contributed by atoms with Crippen LogP contribution in [0.5, 0.6) is 0 Å². The van der Waals surface area contributed by atoms with Crippen molar-refractivity contribution in [2.24, 2.45) is 0 Å². The van der Waals surface area contributed by atoms with E-state index >= 15 is 0 Å². The summed E-state index contributed by atoms with van der Waals surface area (Å²) in [6.07, 6.45) is 4.38. The summed E-state index contributed by atoms with van der Waals surface area (Å²) >= 11 is 0. The summed E-state index contributed by atoms with van der Waals surface area (Å²) in [6.45, 7) is 4.08. The average Bonchev–Trinajstić information content (AvgIpc) is 3.27. The highest BCUT2D eigenvalue weighted by Gasteiger charge is 2.25. The Morgan fingerprint density at radius 1 is 1.06 bits per heavy atom. The largest absolute Gasteiger partial charge is 0.381 e. The smallest absolute Gasteiger partial charge is 0.253 e. The third-order valence-corrected chi connectivity index (χ3v) is 6.62. The minimum atomic E-state index is -0.828. The normalized spacial score (nSPS) is 17.5. The van der Waals surface area contributed by atoms with Crippen LogP contribution in [0.25, 0.3) is 11.4 Å². The van der Waals surface area contributed by atoms with Crippen molar-refractivity contribution >= 4 is 17.5 Å². The van der Waals surface area contributed by atoms with E-state index in [4.69, 9.17) is 4.74 Å². The predicted molar refractivity (Wildman–Crippen MR) is 127 cm³/mol. The van der Waals surface area contributed by atoms with Gasteiger partial charge in [0.15, 0.2) is 5.82 Å². The Bertz CT molecular complexity index is 1190. The number of hydrogen-bond donors (Lipinski definition) is 1. The number of anilines is 2. The van der Waals surface area contributed by atoms with Gasteiger partial charge < -0.3 is 19.5 Å². The van der Waals surface area contributed by atoms with E-state index < -0.39 is 12.0 Å². The van der Waals surface area contributed by atoms with Crippen molar-refractivity contribution in [1.29, 1.82) is 0 Å². The molecule has 0 bridgehead atoms. The van der Waals surface area contributed by atoms with Crippen LogP contribution in [0.4, 0.5) is 20.4 Å². The Labute approximate surface area is 202 Å². The molecule has 35 heavy (non-hydrogen) atoms. The van der Waals surface area contributed by atoms with Crippen molar-refractivity contribution in [2.45, 2.75) is 44.8 Å². The van der Waals surface area contributed by atoms with Crippen molar-refractivity contribution in [2.75, 3.05) is 31.6 Å². The van der Waals surface area contributed by atoms with Crippen LogP contribution in [0.2, 0.25) is 0 Å². The average molecular weight is 483 g/mol. The van der Waals surface area contributed by atoms with E-state index in [2.05, 4.69) is 20.3 Å². The summed E-state index contributed by atoms with van der Waals surface area (Å²) in [5.74, 6) is 0.403. The number of carbonyl (C=O) groups is 1. The van der Waals surface area contributed by atoms with Gasteiger partial charge in [-0.25, -0.2) is 23.7 Å². The zero-order valence-corrected chi connectivity index (χ0v) is 19.6. The van der Waals surface area contributed by atoms with Gasteiger partial charge in [0.1, 0.15) is 17.7 Å². The Morgan fingerprint density at radius 3 is 2.49 bits per heavy atom. The van der Waals surface area contributed by atoms with Crippen LogP contribution >= 0.6 is 0 Å². The van der Waals surface area contributed by atoms with Crippen LogP contribution in [0, 0.1) is 12.7 Å². The van der Waals surface area contributed by atoms with Gasteiger partial charge in [-0.05, 0) is 56.9 Å². The minimum Gasteiger partial charge on any atom is -0.381 e. The molecule has 5 rings (SSSR count). The molecular weight excluding hydrogens is 454 g/mol. The molecule has 2 aliphatic heterocycles. The molecule has 1 aromatic carbocycles. The van der Waals surface area contributed by atoms with Gasteiger partial charge in [-0.3, -0.25) is 4.79 Å². The molecule has 1 amide bonds. The summed E-state index contributed by atoms with van der Waals surface area (Å²) in [6, 6.07) is 7.09. The van der Waals surface area contributed by atoms with Crippen LogP contribution in [-0.4, -0.2) is 62.8 Å². The van der Waals surface area contributed by atoms with Gasteiger partial charge in [0, 0.05) is 43.6 Å². The van der Waals surface area contributed by atoms with Gasteiger partial charge in [-0.2, -0.15) is 0 Å². The van der Waals surface area contributed by atoms with Crippen molar-refractivity contribution in [1.82, 2.24) is 24.4 Å². The Kier molecular flexibility index (Phi) is 6.72. The van der Waals surface area contributed by atoms with Crippen LogP contribution in [0.3, 0.4) is 0 Å². The molecule has 0 aliphatic carbocycles. The molecule has 8 nitrogen and oxygen atoms in total. The van der Waals surface area contributed by atoms with Crippen LogP contribution in [0.15, 0.2) is 36.7 Å². The zero-order chi connectivity index (χ0) is 24.4. The standard InChI is InChI=1S/C25H28F2N6O2/c1-16-28-15-22(33(16)20-8-12-35-13-9-20)23-21(27)14-29-25(31-23)30-19-4-2-17(3-5-19)24(34)32-10-6-18(26)7-11-32/h2-5,14-15,18,20H,6-13H2,1H3,(H,29,30,31). The lowest BCUT2D eigenvalue weighted by Gasteiger charge is -2.28. The van der Waals surface area contributed by atoms with Crippen molar-refractivity contribution in [3.05, 3.63) is 53.9 Å². The molecule has 10 heteroatoms. The summed E-state index contributed by atoms with van der Waals surface area (Å²) < 4.78 is 35.7. The summed E-state index contributed by atoms with van der Waals surface area (Å²) in [5.41, 5.74) is 1.98. The minimum absolute atomic E-state index is 0.111. The SMILES string of the molecule is Cc1ncc(-c2nc(Nc3ccc(C(=O)N4CCC(F)CC4)cc3)ncc2F)n1C1CCOCC1. The van der Waals surface area contributed by atoms with E-state index in [1.54, 1.807) is 35.4 Å². The second-order valence-corrected chi connectivity index (χ2v) is 8.96. The van der Waals surface area contributed by atoms with Crippen molar-refractivity contribution in [3.8, 4) is 11.4 Å². The maximum Gasteiger partial charge on any atom is 0.253 e. The molecule has 4 heterocycles. The fraction of sp³-hybridized carbons (Fsp3) is 0.440. The van der Waals surface area contributed by atoms with Gasteiger partial charge in [-0.15, -0.1) is 0 Å². The zero-order valence-electron chi connectivity index (χ0n) is 19.6. The van der Waals surface area contributed by atoms with E-state index in [1.165, 1.54) is 0 Å². The number of aromatic nitrogens is 4. The van der Waals surface area contributed by atoms with E-state index in [1.807, 2.05) is 11.5 Å². The molecule has 3 aromatic rings. The summed E-state index contributed by atoms with van der Waals surface area (Å²) in [4.78, 5) is 27.3. The van der Waals surface area contributed by atoms with E-state index in [9.17, 15) is 13.6 Å². The molecule has 0 radical (unpaired) electrons. The fourth-order valence-corrected chi connectivity index (χ4v) is 4.70. The molecule has 2 fully saturated rings. The number of aryl methyl sites for hydroxylation is 1. The molecule has 2 saturated heterocycles. The number of carbonyl (C=O) groups excluding carboxylic acids is 1. The first-order valence-corrected chi connectivity index (χ1v) is 11.9.